The summed E-state index contributed by atoms with van der Waals surface area (Å²) in [4.78, 5) is 49.1. The molecule has 2 heterocycles. The fourth-order valence-electron chi connectivity index (χ4n) is 3.49. The molecule has 1 aromatic heterocycles. The van der Waals surface area contributed by atoms with Gasteiger partial charge >= 0.3 is 11.9 Å². The molecule has 0 saturated heterocycles. The molecule has 0 radical (unpaired) electrons. The van der Waals surface area contributed by atoms with Gasteiger partial charge in [-0.25, -0.2) is 9.36 Å². The normalized spacial score (nSPS) is 24.8. The van der Waals surface area contributed by atoms with Crippen molar-refractivity contribution in [1.82, 2.24) is 9.36 Å². The maximum atomic E-state index is 12.9. The van der Waals surface area contributed by atoms with E-state index in [1.807, 2.05) is 0 Å². The first kappa shape index (κ1) is 17.9. The summed E-state index contributed by atoms with van der Waals surface area (Å²) in [5.74, 6) is -1.15. The van der Waals surface area contributed by atoms with Gasteiger partial charge in [0.15, 0.2) is 11.2 Å². The van der Waals surface area contributed by atoms with E-state index >= 15 is 0 Å². The van der Waals surface area contributed by atoms with Gasteiger partial charge in [-0.1, -0.05) is 12.1 Å². The van der Waals surface area contributed by atoms with Crippen molar-refractivity contribution >= 4 is 22.7 Å². The molecule has 0 unspecified atom stereocenters. The van der Waals surface area contributed by atoms with Gasteiger partial charge in [0.2, 0.25) is 0 Å². The zero-order valence-electron chi connectivity index (χ0n) is 15.1. The molecule has 138 valence electrons. The fraction of sp³-hybridized carbons (Fsp3) is 0.444. The van der Waals surface area contributed by atoms with Gasteiger partial charge in [-0.3, -0.25) is 19.2 Å². The van der Waals surface area contributed by atoms with E-state index in [4.69, 9.17) is 9.47 Å². The molecular formula is C18H20N2O6. The third-order valence-electron chi connectivity index (χ3n) is 4.91. The Morgan fingerprint density at radius 3 is 1.50 bits per heavy atom. The number of rotatable bonds is 2. The molecule has 0 saturated carbocycles. The predicted octanol–water partition coefficient (Wildman–Crippen LogP) is 0.820. The number of carbonyl (C=O) groups is 2. The highest BCUT2D eigenvalue weighted by molar-refractivity contribution is 5.80. The molecule has 3 rings (SSSR count). The first-order chi connectivity index (χ1) is 12.1. The van der Waals surface area contributed by atoms with Crippen molar-refractivity contribution in [2.24, 2.45) is 0 Å². The van der Waals surface area contributed by atoms with Gasteiger partial charge in [0.25, 0.3) is 11.1 Å². The number of hydrogen-bond acceptors (Lipinski definition) is 6. The molecule has 8 heteroatoms. The molecule has 0 N–H and O–H groups in total. The second kappa shape index (κ2) is 5.82. The van der Waals surface area contributed by atoms with Crippen molar-refractivity contribution in [1.29, 1.82) is 0 Å². The van der Waals surface area contributed by atoms with Crippen LogP contribution in [0.15, 0.2) is 33.9 Å². The predicted molar refractivity (Wildman–Crippen MR) is 92.8 cm³/mol. The summed E-state index contributed by atoms with van der Waals surface area (Å²) in [6.45, 7) is 5.43. The summed E-state index contributed by atoms with van der Waals surface area (Å²) >= 11 is 0. The van der Waals surface area contributed by atoms with Gasteiger partial charge in [-0.2, -0.15) is 0 Å². The Hall–Kier alpha value is -2.90. The number of hydrogen-bond donors (Lipinski definition) is 0. The van der Waals surface area contributed by atoms with Crippen LogP contribution in [0.3, 0.4) is 0 Å². The average molecular weight is 360 g/mol. The number of nitrogens with zero attached hydrogens (tertiary/aromatic N) is 2. The Bertz CT molecular complexity index is 954. The fourth-order valence-corrected chi connectivity index (χ4v) is 3.49. The summed E-state index contributed by atoms with van der Waals surface area (Å²) in [6.07, 6.45) is 0. The van der Waals surface area contributed by atoms with Crippen LogP contribution in [-0.4, -0.2) is 32.5 Å². The van der Waals surface area contributed by atoms with Gasteiger partial charge in [-0.05, 0) is 26.0 Å². The van der Waals surface area contributed by atoms with Crippen LogP contribution in [-0.2, 0) is 32.2 Å². The Morgan fingerprint density at radius 1 is 0.846 bits per heavy atom. The minimum absolute atomic E-state index is 0.116. The monoisotopic (exact) mass is 360 g/mol. The minimum atomic E-state index is -1.32. The highest BCUT2D eigenvalue weighted by atomic mass is 16.6. The quantitative estimate of drug-likeness (QED) is 0.736. The molecule has 2 aromatic rings. The van der Waals surface area contributed by atoms with Crippen molar-refractivity contribution in [3.05, 3.63) is 45.0 Å². The molecular weight excluding hydrogens is 340 g/mol. The second-order valence-corrected chi connectivity index (χ2v) is 6.92. The lowest BCUT2D eigenvalue weighted by molar-refractivity contribution is -0.221. The van der Waals surface area contributed by atoms with Gasteiger partial charge < -0.3 is 9.47 Å². The lowest BCUT2D eigenvalue weighted by Gasteiger charge is -2.48. The smallest absolute Gasteiger partial charge is 0.303 e. The van der Waals surface area contributed by atoms with E-state index in [1.165, 1.54) is 23.2 Å². The summed E-state index contributed by atoms with van der Waals surface area (Å²) in [6, 6.07) is 6.52. The third-order valence-corrected chi connectivity index (χ3v) is 4.91. The lowest BCUT2D eigenvalue weighted by atomic mass is 9.83. The molecule has 2 atom stereocenters. The number of esters is 2. The first-order valence-corrected chi connectivity index (χ1v) is 8.20. The van der Waals surface area contributed by atoms with Gasteiger partial charge in [0.1, 0.15) is 0 Å². The highest BCUT2D eigenvalue weighted by Gasteiger charge is 2.55. The zero-order valence-corrected chi connectivity index (χ0v) is 15.1. The SMILES string of the molecule is CC(=O)O[C@]1(C)Cn2c(=O)c3ccccc3c(=O)n2C[C@@]1(C)OC(C)=O. The molecule has 0 amide bonds. The maximum Gasteiger partial charge on any atom is 0.303 e. The number of aromatic nitrogens is 2. The van der Waals surface area contributed by atoms with Crippen LogP contribution < -0.4 is 11.1 Å². The van der Waals surface area contributed by atoms with E-state index in [1.54, 1.807) is 38.1 Å². The Labute approximate surface area is 148 Å². The van der Waals surface area contributed by atoms with Gasteiger partial charge in [-0.15, -0.1) is 0 Å². The van der Waals surface area contributed by atoms with E-state index in [0.717, 1.165) is 0 Å². The molecule has 26 heavy (non-hydrogen) atoms. The molecule has 0 aliphatic carbocycles. The highest BCUT2D eigenvalue weighted by Crippen LogP contribution is 2.36. The maximum absolute atomic E-state index is 12.9. The number of ether oxygens (including phenoxy) is 2. The topological polar surface area (TPSA) is 96.6 Å². The van der Waals surface area contributed by atoms with Crippen molar-refractivity contribution in [2.45, 2.75) is 52.0 Å². The third kappa shape index (κ3) is 2.61. The minimum Gasteiger partial charge on any atom is -0.453 e. The average Bonchev–Trinajstić information content (AvgIpc) is 2.53. The van der Waals surface area contributed by atoms with Crippen molar-refractivity contribution in [3.8, 4) is 0 Å². The lowest BCUT2D eigenvalue weighted by Crippen LogP contribution is -2.66. The van der Waals surface area contributed by atoms with Crippen LogP contribution in [0.1, 0.15) is 27.7 Å². The molecule has 8 nitrogen and oxygen atoms in total. The van der Waals surface area contributed by atoms with E-state index in [-0.39, 0.29) is 35.0 Å². The summed E-state index contributed by atoms with van der Waals surface area (Å²) in [5.41, 5.74) is -3.38. The van der Waals surface area contributed by atoms with Gasteiger partial charge in [0, 0.05) is 13.8 Å². The Morgan fingerprint density at radius 2 is 1.19 bits per heavy atom. The van der Waals surface area contributed by atoms with Crippen LogP contribution in [0.25, 0.3) is 10.8 Å². The van der Waals surface area contributed by atoms with E-state index in [9.17, 15) is 19.2 Å². The van der Waals surface area contributed by atoms with Crippen LogP contribution in [0.5, 0.6) is 0 Å². The molecule has 1 aliphatic heterocycles. The first-order valence-electron chi connectivity index (χ1n) is 8.20. The summed E-state index contributed by atoms with van der Waals surface area (Å²) in [5, 5.41) is 0.574. The molecule has 1 aliphatic rings. The summed E-state index contributed by atoms with van der Waals surface area (Å²) in [7, 11) is 0. The van der Waals surface area contributed by atoms with Crippen molar-refractivity contribution in [3.63, 3.8) is 0 Å². The van der Waals surface area contributed by atoms with Crippen LogP contribution >= 0.6 is 0 Å². The zero-order chi connectivity index (χ0) is 19.3. The van der Waals surface area contributed by atoms with E-state index in [2.05, 4.69) is 0 Å². The Balaban J connectivity index is 2.30. The van der Waals surface area contributed by atoms with Gasteiger partial charge in [0.05, 0.1) is 23.9 Å². The van der Waals surface area contributed by atoms with Crippen LogP contribution in [0, 0.1) is 0 Å². The number of benzene rings is 1. The molecule has 0 spiro atoms. The molecule has 1 aromatic carbocycles. The number of fused-ring (bicyclic) bond motifs is 2. The standard InChI is InChI=1S/C18H20N2O6/c1-11(21)25-17(3)9-19-15(23)13-7-5-6-8-14(13)16(24)20(19)10-18(17,4)26-12(2)22/h5-8H,9-10H2,1-4H3/t17-,18-/m1/s1. The van der Waals surface area contributed by atoms with E-state index in [0.29, 0.717) is 0 Å². The van der Waals surface area contributed by atoms with E-state index < -0.39 is 23.1 Å². The largest absolute Gasteiger partial charge is 0.453 e. The summed E-state index contributed by atoms with van der Waals surface area (Å²) < 4.78 is 13.4. The Kier molecular flexibility index (Phi) is 4.01. The molecule has 0 bridgehead atoms. The second-order valence-electron chi connectivity index (χ2n) is 6.92. The van der Waals surface area contributed by atoms with Crippen LogP contribution in [0.2, 0.25) is 0 Å². The van der Waals surface area contributed by atoms with Crippen molar-refractivity contribution < 1.29 is 19.1 Å². The number of carbonyl (C=O) groups excluding carboxylic acids is 2. The van der Waals surface area contributed by atoms with Crippen LogP contribution in [0.4, 0.5) is 0 Å². The van der Waals surface area contributed by atoms with Crippen molar-refractivity contribution in [2.75, 3.05) is 0 Å². The molecule has 0 fully saturated rings.